The Labute approximate surface area is 874 Å². The number of nitrogen functional groups attached to an aromatic ring is 1. The summed E-state index contributed by atoms with van der Waals surface area (Å²) < 4.78 is 157. The summed E-state index contributed by atoms with van der Waals surface area (Å²) in [6.07, 6.45) is 8.54. The Morgan fingerprint density at radius 3 is 1.13 bits per heavy atom. The molecule has 6 rings (SSSR count). The molecule has 0 bridgehead atoms. The van der Waals surface area contributed by atoms with Crippen molar-refractivity contribution in [1.82, 2.24) is 46.2 Å². The van der Waals surface area contributed by atoms with Crippen molar-refractivity contribution in [3.8, 4) is 5.88 Å². The van der Waals surface area contributed by atoms with Crippen LogP contribution in [0.15, 0.2) is 72.1 Å². The maximum atomic E-state index is 14.5. The highest BCUT2D eigenvalue weighted by atomic mass is 16.6. The first-order valence-electron chi connectivity index (χ1n) is 51.6. The van der Waals surface area contributed by atoms with Crippen LogP contribution in [-0.4, -0.2) is 461 Å². The maximum Gasteiger partial charge on any atom is 0.253 e. The van der Waals surface area contributed by atoms with Crippen LogP contribution < -0.4 is 31.8 Å². The van der Waals surface area contributed by atoms with Crippen LogP contribution in [0.25, 0.3) is 11.2 Å². The molecule has 0 radical (unpaired) electrons. The third-order valence-corrected chi connectivity index (χ3v) is 22.1. The van der Waals surface area contributed by atoms with Gasteiger partial charge in [0.25, 0.3) is 17.7 Å². The van der Waals surface area contributed by atoms with E-state index in [9.17, 15) is 38.4 Å². The van der Waals surface area contributed by atoms with Gasteiger partial charge in [-0.15, -0.1) is 0 Å². The van der Waals surface area contributed by atoms with Crippen LogP contribution in [0.3, 0.4) is 0 Å². The number of carbonyl (C=O) groups is 8. The molecule has 1 fully saturated rings. The number of benzene rings is 2. The molecule has 7 N–H and O–H groups in total. The molecule has 6 amide bonds. The number of Topliss-reactive ketones (excluding diaryl/α,β-unsaturated/α-hetero) is 2. The van der Waals surface area contributed by atoms with Crippen molar-refractivity contribution in [2.24, 2.45) is 16.9 Å². The standard InChI is InChI=1S/C102H165N11O36/c1-83(111-112-99(121)89-13-10-85(11-14-89)77-113-94(118)20-21-95(113)119)87-15-17-88(18-16-87)98(120)110-102(80-147-31-24-92(116)104-26-33-126-41-45-132-49-47-128-37-35-122-2,81-148-32-25-93(117)105-27-34-127-42-46-133-53-56-137-61-64-141-66-65-138-58-57-134-50-48-129-38-36-123-3)79-146-30-23-90(114)5-4-28-124-39-43-130-51-54-135-59-62-139-67-69-142-71-73-144-75-76-145-74-72-143-70-68-140-63-60-136-55-52-131-44-40-125-29-22-91(115)19-12-84-6-8-86(9-7-84)78-149-100-96-97(107-82-106-96)108-101(103)109-100/h6-9,15-18,20-21,82,85,89H,4-5,10-14,19,22-81H2,1-3H3,(H,104,116)(H,105,117)(H,110,120)(H,112,121)(H3,103,106,107,108,109)/b111-83-. The van der Waals surface area contributed by atoms with E-state index in [4.69, 9.17) is 138 Å². The normalized spacial score (nSPS) is 14.2. The third kappa shape index (κ3) is 66.8. The minimum Gasteiger partial charge on any atom is -0.471 e. The fourth-order valence-corrected chi connectivity index (χ4v) is 13.9. The van der Waals surface area contributed by atoms with Crippen LogP contribution in [0, 0.1) is 11.8 Å². The number of H-pyrrole nitrogens is 1. The van der Waals surface area contributed by atoms with Crippen molar-refractivity contribution in [2.75, 3.05) is 383 Å². The number of hydrogen-bond donors (Lipinski definition) is 6. The Kier molecular flexibility index (Phi) is 76.8. The molecule has 2 aromatic carbocycles. The lowest BCUT2D eigenvalue weighted by Crippen LogP contribution is -2.58. The molecule has 3 heterocycles. The second-order valence-electron chi connectivity index (χ2n) is 33.9. The van der Waals surface area contributed by atoms with Gasteiger partial charge in [-0.3, -0.25) is 43.3 Å². The number of aromatic amines is 1. The van der Waals surface area contributed by atoms with Crippen molar-refractivity contribution in [3.05, 3.63) is 89.3 Å². The second kappa shape index (κ2) is 88.7. The van der Waals surface area contributed by atoms with E-state index < -0.39 is 11.4 Å². The number of methoxy groups -OCH3 is 2. The first kappa shape index (κ1) is 129. The minimum atomic E-state index is -1.45. The molecule has 2 aromatic heterocycles. The van der Waals surface area contributed by atoms with Gasteiger partial charge in [-0.05, 0) is 80.2 Å². The Morgan fingerprint density at radius 1 is 0.396 bits per heavy atom. The summed E-state index contributed by atoms with van der Waals surface area (Å²) in [6.45, 7) is 20.4. The zero-order valence-electron chi connectivity index (χ0n) is 87.6. The quantitative estimate of drug-likeness (QED) is 0.0159. The van der Waals surface area contributed by atoms with Crippen LogP contribution in [0.1, 0.15) is 105 Å². The number of imide groups is 1. The number of hydrazone groups is 1. The van der Waals surface area contributed by atoms with Gasteiger partial charge in [-0.1, -0.05) is 36.4 Å². The molecule has 844 valence electrons. The number of fused-ring (bicyclic) bond motifs is 1. The molecule has 1 aliphatic heterocycles. The van der Waals surface area contributed by atoms with E-state index in [1.807, 2.05) is 24.3 Å². The molecule has 1 saturated carbocycles. The molecule has 4 aromatic rings. The first-order valence-corrected chi connectivity index (χ1v) is 51.6. The highest BCUT2D eigenvalue weighted by molar-refractivity contribution is 6.13. The van der Waals surface area contributed by atoms with Gasteiger partial charge in [-0.2, -0.15) is 15.1 Å². The number of nitrogens with one attached hydrogen (secondary N) is 5. The van der Waals surface area contributed by atoms with Gasteiger partial charge in [-0.25, -0.2) is 10.4 Å². The van der Waals surface area contributed by atoms with E-state index in [-0.39, 0.29) is 163 Å². The molecule has 2 aliphatic rings. The highest BCUT2D eigenvalue weighted by Crippen LogP contribution is 2.31. The van der Waals surface area contributed by atoms with Gasteiger partial charge in [0.15, 0.2) is 5.65 Å². The van der Waals surface area contributed by atoms with Gasteiger partial charge in [0.05, 0.1) is 349 Å². The van der Waals surface area contributed by atoms with Gasteiger partial charge in [0, 0.05) is 103 Å². The molecule has 149 heavy (non-hydrogen) atoms. The van der Waals surface area contributed by atoms with E-state index in [2.05, 4.69) is 46.4 Å². The maximum absolute atomic E-state index is 14.5. The average molecular weight is 2120 g/mol. The van der Waals surface area contributed by atoms with E-state index in [1.165, 1.54) is 23.4 Å². The van der Waals surface area contributed by atoms with Crippen LogP contribution in [0.5, 0.6) is 5.88 Å². The Morgan fingerprint density at radius 2 is 0.738 bits per heavy atom. The largest absolute Gasteiger partial charge is 0.471 e. The predicted octanol–water partition coefficient (Wildman–Crippen LogP) is 3.61. The Bertz CT molecular complexity index is 4120. The van der Waals surface area contributed by atoms with E-state index in [0.29, 0.717) is 377 Å². The zero-order chi connectivity index (χ0) is 106. The lowest BCUT2D eigenvalue weighted by Gasteiger charge is -2.34. The van der Waals surface area contributed by atoms with Gasteiger partial charge >= 0.3 is 0 Å². The number of hydrogen-bond acceptors (Lipinski definition) is 41. The molecule has 1 atom stereocenters. The van der Waals surface area contributed by atoms with Gasteiger partial charge in [0.1, 0.15) is 29.2 Å². The van der Waals surface area contributed by atoms with E-state index in [0.717, 1.165) is 11.1 Å². The summed E-state index contributed by atoms with van der Waals surface area (Å²) >= 11 is 0. The number of nitrogens with zero attached hydrogens (tertiary/aromatic N) is 5. The summed E-state index contributed by atoms with van der Waals surface area (Å²) in [5, 5.41) is 13.1. The molecule has 47 heteroatoms. The summed E-state index contributed by atoms with van der Waals surface area (Å²) in [6, 6.07) is 14.5. The Hall–Kier alpha value is -8.72. The number of carbonyl (C=O) groups excluding carboxylic acids is 8. The monoisotopic (exact) mass is 2120 g/mol. The number of rotatable bonds is 104. The van der Waals surface area contributed by atoms with Crippen molar-refractivity contribution in [2.45, 2.75) is 96.1 Å². The number of aryl methyl sites for hydroxylation is 1. The van der Waals surface area contributed by atoms with Crippen molar-refractivity contribution >= 4 is 69.8 Å². The summed E-state index contributed by atoms with van der Waals surface area (Å²) in [7, 11) is 3.23. The van der Waals surface area contributed by atoms with E-state index >= 15 is 0 Å². The van der Waals surface area contributed by atoms with Crippen molar-refractivity contribution in [1.29, 1.82) is 0 Å². The molecule has 0 spiro atoms. The van der Waals surface area contributed by atoms with Crippen LogP contribution in [0.2, 0.25) is 0 Å². The number of ketones is 2. The molecule has 0 saturated heterocycles. The number of aromatic nitrogens is 4. The predicted molar refractivity (Wildman–Crippen MR) is 541 cm³/mol. The van der Waals surface area contributed by atoms with Crippen LogP contribution in [0.4, 0.5) is 5.95 Å². The molecule has 1 unspecified atom stereocenters. The first-order chi connectivity index (χ1) is 73.1. The zero-order valence-corrected chi connectivity index (χ0v) is 87.6. The summed E-state index contributed by atoms with van der Waals surface area (Å²) in [5.41, 5.74) is 11.4. The van der Waals surface area contributed by atoms with E-state index in [1.54, 1.807) is 45.4 Å². The Balaban J connectivity index is 0.781. The van der Waals surface area contributed by atoms with Crippen molar-refractivity contribution in [3.63, 3.8) is 0 Å². The lowest BCUT2D eigenvalue weighted by molar-refractivity contribution is -0.138. The van der Waals surface area contributed by atoms with Crippen LogP contribution >= 0.6 is 0 Å². The fraction of sp³-hybridized carbons (Fsp3) is 0.725. The average Bonchev–Trinajstić information content (AvgIpc) is 1.73. The molecular formula is C102H165N11O36. The number of imidazole rings is 1. The van der Waals surface area contributed by atoms with Crippen LogP contribution in [-0.2, 0) is 174 Å². The number of anilines is 1. The summed E-state index contributed by atoms with van der Waals surface area (Å²) in [5.74, 6) is -1.81. The van der Waals surface area contributed by atoms with Crippen molar-refractivity contribution < 1.29 is 171 Å². The van der Waals surface area contributed by atoms with Gasteiger partial charge in [0.2, 0.25) is 29.5 Å². The SMILES string of the molecule is COCCOCCOCCOCCNC(=O)CCOCC(COCCC(=O)CCCOCCOCCOCCOCCOCCOCCOCCOCCOCCOCCOCCOCCC(=O)CCc1ccc(COc2nc(N)nc3nc[nH]c23)cc1)(COCCC(=O)NCCOCCOCCOCCOCCOCCOCCOCCOC)NC(=O)c1ccc(/C(C)=N\NC(=O)C2CCC(CN3C(=O)C=CC3=O)CC2)cc1. The molecule has 1 aliphatic carbocycles. The second-order valence-corrected chi connectivity index (χ2v) is 33.9. The molecule has 47 nitrogen and oxygen atoms in total. The topological polar surface area (TPSA) is 539 Å². The highest BCUT2D eigenvalue weighted by Gasteiger charge is 2.36. The third-order valence-electron chi connectivity index (χ3n) is 22.1. The molecular weight excluding hydrogens is 1960 g/mol. The number of ether oxygens (including phenoxy) is 28. The minimum absolute atomic E-state index is 0.0336. The fourth-order valence-electron chi connectivity index (χ4n) is 13.9. The number of nitrogens with two attached hydrogens (primary N) is 1. The smallest absolute Gasteiger partial charge is 0.253 e. The lowest BCUT2D eigenvalue weighted by atomic mass is 9.81. The van der Waals surface area contributed by atoms with Gasteiger partial charge < -0.3 is 159 Å². The summed E-state index contributed by atoms with van der Waals surface area (Å²) in [4.78, 5) is 121. The number of amides is 6.